The van der Waals surface area contributed by atoms with E-state index < -0.39 is 6.04 Å². The molecule has 0 saturated carbocycles. The summed E-state index contributed by atoms with van der Waals surface area (Å²) in [5.74, 6) is 0.0302. The molecule has 166 valence electrons. The van der Waals surface area contributed by atoms with Gasteiger partial charge in [-0.3, -0.25) is 9.59 Å². The second-order valence-electron chi connectivity index (χ2n) is 8.92. The minimum Gasteiger partial charge on any atom is -0.372 e. The van der Waals surface area contributed by atoms with Crippen LogP contribution in [0.25, 0.3) is 0 Å². The Hall–Kier alpha value is -2.82. The summed E-state index contributed by atoms with van der Waals surface area (Å²) in [7, 11) is 1.80. The van der Waals surface area contributed by atoms with Crippen molar-refractivity contribution in [1.82, 2.24) is 10.2 Å². The van der Waals surface area contributed by atoms with Crippen LogP contribution in [0.1, 0.15) is 56.7 Å². The Kier molecular flexibility index (Phi) is 8.10. The van der Waals surface area contributed by atoms with Crippen LogP contribution >= 0.6 is 0 Å². The van der Waals surface area contributed by atoms with Crippen LogP contribution < -0.4 is 10.2 Å². The van der Waals surface area contributed by atoms with Crippen molar-refractivity contribution in [3.05, 3.63) is 65.7 Å². The molecular weight excluding hydrogens is 386 g/mol. The predicted molar refractivity (Wildman–Crippen MR) is 126 cm³/mol. The van der Waals surface area contributed by atoms with E-state index in [1.807, 2.05) is 44.2 Å². The normalized spacial score (nSPS) is 14.9. The summed E-state index contributed by atoms with van der Waals surface area (Å²) < 4.78 is 0. The van der Waals surface area contributed by atoms with Gasteiger partial charge in [-0.15, -0.1) is 0 Å². The number of carbonyl (C=O) groups excluding carboxylic acids is 2. The highest BCUT2D eigenvalue weighted by molar-refractivity contribution is 5.88. The molecule has 1 atom stereocenters. The van der Waals surface area contributed by atoms with E-state index in [0.29, 0.717) is 13.0 Å². The smallest absolute Gasteiger partial charge is 0.249 e. The number of likely N-dealkylation sites (N-methyl/N-ethyl adjacent to an activating group) is 1. The second kappa shape index (κ2) is 11.0. The van der Waals surface area contributed by atoms with Gasteiger partial charge in [0, 0.05) is 38.8 Å². The Morgan fingerprint density at radius 3 is 2.23 bits per heavy atom. The number of hydrogen-bond donors (Lipinski definition) is 1. The van der Waals surface area contributed by atoms with E-state index in [9.17, 15) is 9.59 Å². The van der Waals surface area contributed by atoms with Gasteiger partial charge in [0.1, 0.15) is 6.04 Å². The second-order valence-corrected chi connectivity index (χ2v) is 8.92. The first-order valence-electron chi connectivity index (χ1n) is 11.4. The summed E-state index contributed by atoms with van der Waals surface area (Å²) >= 11 is 0. The zero-order valence-electron chi connectivity index (χ0n) is 19.0. The highest BCUT2D eigenvalue weighted by atomic mass is 16.2. The van der Waals surface area contributed by atoms with Gasteiger partial charge in [0.2, 0.25) is 11.8 Å². The lowest BCUT2D eigenvalue weighted by Crippen LogP contribution is -2.41. The molecular formula is C26H35N3O2. The zero-order valence-corrected chi connectivity index (χ0v) is 19.0. The molecule has 1 aliphatic rings. The lowest BCUT2D eigenvalue weighted by Gasteiger charge is -2.29. The van der Waals surface area contributed by atoms with Crippen molar-refractivity contribution in [3.63, 3.8) is 0 Å². The standard InChI is InChI=1S/C26H35N3O2/c1-20(2)18-24(30)27-25(22-10-6-4-7-11-22)26(31)28(3)19-21-12-14-23(15-13-21)29-16-8-5-9-17-29/h4,6-7,10-15,20,25H,5,8-9,16-19H2,1-3H3,(H,27,30). The topological polar surface area (TPSA) is 52.7 Å². The van der Waals surface area contributed by atoms with Gasteiger partial charge >= 0.3 is 0 Å². The molecule has 1 unspecified atom stereocenters. The van der Waals surface area contributed by atoms with Crippen LogP contribution in [-0.2, 0) is 16.1 Å². The molecule has 1 N–H and O–H groups in total. The number of piperidine rings is 1. The van der Waals surface area contributed by atoms with Gasteiger partial charge in [-0.2, -0.15) is 0 Å². The van der Waals surface area contributed by atoms with Crippen molar-refractivity contribution in [2.24, 2.45) is 5.92 Å². The van der Waals surface area contributed by atoms with Crippen LogP contribution in [-0.4, -0.2) is 36.9 Å². The largest absolute Gasteiger partial charge is 0.372 e. The maximum absolute atomic E-state index is 13.3. The molecule has 3 rings (SSSR count). The molecule has 5 nitrogen and oxygen atoms in total. The Bertz CT molecular complexity index is 843. The summed E-state index contributed by atoms with van der Waals surface area (Å²) in [5, 5.41) is 2.95. The molecule has 0 aromatic heterocycles. The van der Waals surface area contributed by atoms with Gasteiger partial charge in [0.15, 0.2) is 0 Å². The van der Waals surface area contributed by atoms with Crippen molar-refractivity contribution in [3.8, 4) is 0 Å². The highest BCUT2D eigenvalue weighted by Crippen LogP contribution is 2.22. The van der Waals surface area contributed by atoms with Crippen molar-refractivity contribution in [2.75, 3.05) is 25.0 Å². The summed E-state index contributed by atoms with van der Waals surface area (Å²) in [6.45, 7) is 6.73. The summed E-state index contributed by atoms with van der Waals surface area (Å²) in [4.78, 5) is 29.8. The number of nitrogens with zero attached hydrogens (tertiary/aromatic N) is 2. The average Bonchev–Trinajstić information content (AvgIpc) is 2.78. The fourth-order valence-electron chi connectivity index (χ4n) is 4.06. The summed E-state index contributed by atoms with van der Waals surface area (Å²) in [6.07, 6.45) is 4.22. The lowest BCUT2D eigenvalue weighted by molar-refractivity contribution is -0.136. The SMILES string of the molecule is CC(C)CC(=O)NC(C(=O)N(C)Cc1ccc(N2CCCCC2)cc1)c1ccccc1. The van der Waals surface area contributed by atoms with Gasteiger partial charge in [0.25, 0.3) is 0 Å². The van der Waals surface area contributed by atoms with Crippen LogP contribution in [0.15, 0.2) is 54.6 Å². The van der Waals surface area contributed by atoms with E-state index in [4.69, 9.17) is 0 Å². The highest BCUT2D eigenvalue weighted by Gasteiger charge is 2.26. The first-order chi connectivity index (χ1) is 14.9. The first kappa shape index (κ1) is 22.9. The maximum atomic E-state index is 13.3. The molecule has 1 aliphatic heterocycles. The molecule has 0 bridgehead atoms. The molecule has 2 aromatic carbocycles. The molecule has 2 amide bonds. The molecule has 0 radical (unpaired) electrons. The minimum absolute atomic E-state index is 0.100. The van der Waals surface area contributed by atoms with Crippen LogP contribution in [0.2, 0.25) is 0 Å². The monoisotopic (exact) mass is 421 g/mol. The Labute approximate surface area is 186 Å². The summed E-state index contributed by atoms with van der Waals surface area (Å²) in [5.41, 5.74) is 3.13. The molecule has 5 heteroatoms. The zero-order chi connectivity index (χ0) is 22.2. The number of hydrogen-bond acceptors (Lipinski definition) is 3. The number of anilines is 1. The van der Waals surface area contributed by atoms with Crippen molar-refractivity contribution < 1.29 is 9.59 Å². The van der Waals surface area contributed by atoms with Crippen LogP contribution in [0.4, 0.5) is 5.69 Å². The average molecular weight is 422 g/mol. The molecule has 1 fully saturated rings. The van der Waals surface area contributed by atoms with E-state index in [-0.39, 0.29) is 17.7 Å². The molecule has 1 saturated heterocycles. The van der Waals surface area contributed by atoms with Gasteiger partial charge in [-0.05, 0) is 48.4 Å². The molecule has 0 spiro atoms. The number of nitrogens with one attached hydrogen (secondary N) is 1. The maximum Gasteiger partial charge on any atom is 0.249 e. The molecule has 2 aromatic rings. The third-order valence-corrected chi connectivity index (χ3v) is 5.73. The predicted octanol–water partition coefficient (Wildman–Crippen LogP) is 4.54. The van der Waals surface area contributed by atoms with E-state index in [1.54, 1.807) is 11.9 Å². The molecule has 31 heavy (non-hydrogen) atoms. The van der Waals surface area contributed by atoms with E-state index in [2.05, 4.69) is 34.5 Å². The Morgan fingerprint density at radius 2 is 1.61 bits per heavy atom. The van der Waals surface area contributed by atoms with Crippen LogP contribution in [0, 0.1) is 5.92 Å². The van der Waals surface area contributed by atoms with E-state index in [1.165, 1.54) is 24.9 Å². The van der Waals surface area contributed by atoms with Crippen LogP contribution in [0.5, 0.6) is 0 Å². The van der Waals surface area contributed by atoms with Crippen molar-refractivity contribution in [2.45, 2.75) is 52.1 Å². The Balaban J connectivity index is 1.68. The molecule has 1 heterocycles. The first-order valence-corrected chi connectivity index (χ1v) is 11.4. The quantitative estimate of drug-likeness (QED) is 0.681. The fraction of sp³-hybridized carbons (Fsp3) is 0.462. The van der Waals surface area contributed by atoms with E-state index in [0.717, 1.165) is 24.2 Å². The van der Waals surface area contributed by atoms with E-state index >= 15 is 0 Å². The van der Waals surface area contributed by atoms with Crippen molar-refractivity contribution >= 4 is 17.5 Å². The van der Waals surface area contributed by atoms with Gasteiger partial charge in [-0.25, -0.2) is 0 Å². The van der Waals surface area contributed by atoms with Crippen molar-refractivity contribution in [1.29, 1.82) is 0 Å². The number of amides is 2. The third-order valence-electron chi connectivity index (χ3n) is 5.73. The van der Waals surface area contributed by atoms with Gasteiger partial charge in [-0.1, -0.05) is 56.3 Å². The lowest BCUT2D eigenvalue weighted by atomic mass is 10.0. The fourth-order valence-corrected chi connectivity index (χ4v) is 4.06. The number of carbonyl (C=O) groups is 2. The third kappa shape index (κ3) is 6.58. The molecule has 0 aliphatic carbocycles. The van der Waals surface area contributed by atoms with Gasteiger partial charge in [0.05, 0.1) is 0 Å². The Morgan fingerprint density at radius 1 is 0.968 bits per heavy atom. The summed E-state index contributed by atoms with van der Waals surface area (Å²) in [6, 6.07) is 17.3. The van der Waals surface area contributed by atoms with Crippen LogP contribution in [0.3, 0.4) is 0 Å². The number of rotatable bonds is 8. The van der Waals surface area contributed by atoms with Gasteiger partial charge < -0.3 is 15.1 Å². The minimum atomic E-state index is -0.676. The number of benzene rings is 2.